The number of piperazine rings is 1. The predicted octanol–water partition coefficient (Wildman–Crippen LogP) is 3.51. The van der Waals surface area contributed by atoms with Crippen LogP contribution in [-0.2, 0) is 10.2 Å². The Hall–Kier alpha value is -2.66. The highest BCUT2D eigenvalue weighted by Crippen LogP contribution is 2.52. The quantitative estimate of drug-likeness (QED) is 0.747. The first-order valence-corrected chi connectivity index (χ1v) is 12.0. The van der Waals surface area contributed by atoms with Crippen molar-refractivity contribution >= 4 is 11.8 Å². The van der Waals surface area contributed by atoms with Gasteiger partial charge in [0.15, 0.2) is 0 Å². The number of carbonyl (C=O) groups excluding carboxylic acids is 2. The smallest absolute Gasteiger partial charge is 0.253 e. The second-order valence-corrected chi connectivity index (χ2v) is 9.82. The fourth-order valence-corrected chi connectivity index (χ4v) is 5.98. The van der Waals surface area contributed by atoms with Gasteiger partial charge in [0, 0.05) is 51.3 Å². The average Bonchev–Trinajstić information content (AvgIpc) is 3.13. The summed E-state index contributed by atoms with van der Waals surface area (Å²) in [6, 6.07) is 18.3. The summed E-state index contributed by atoms with van der Waals surface area (Å²) >= 11 is 0. The van der Waals surface area contributed by atoms with Gasteiger partial charge in [-0.15, -0.1) is 0 Å². The van der Waals surface area contributed by atoms with E-state index >= 15 is 0 Å². The van der Waals surface area contributed by atoms with E-state index in [4.69, 9.17) is 0 Å². The van der Waals surface area contributed by atoms with E-state index in [1.165, 1.54) is 11.1 Å². The molecule has 0 aromatic heterocycles. The molecular weight excluding hydrogens is 398 g/mol. The van der Waals surface area contributed by atoms with Crippen LogP contribution in [0, 0.1) is 0 Å². The zero-order chi connectivity index (χ0) is 22.1. The summed E-state index contributed by atoms with van der Waals surface area (Å²) in [6.07, 6.45) is 3.58. The third-order valence-electron chi connectivity index (χ3n) is 7.91. The molecule has 2 amide bonds. The molecular formula is C27H33N3O2. The Kier molecular flexibility index (Phi) is 5.76. The van der Waals surface area contributed by atoms with Crippen LogP contribution in [0.5, 0.6) is 0 Å². The van der Waals surface area contributed by atoms with Crippen LogP contribution in [0.2, 0.25) is 0 Å². The van der Waals surface area contributed by atoms with Gasteiger partial charge in [-0.3, -0.25) is 9.59 Å². The standard InChI is InChI=1S/C27H33N3O2/c1-28-15-17-29(18-16-28)25(31)19-22-20-27(24-10-6-5-9-23(22)24)11-13-30(14-12-27)26(32)21-7-3-2-4-8-21/h2-10,22H,11-20H2,1H3. The lowest BCUT2D eigenvalue weighted by atomic mass is 9.73. The summed E-state index contributed by atoms with van der Waals surface area (Å²) in [6.45, 7) is 5.16. The van der Waals surface area contributed by atoms with Crippen LogP contribution < -0.4 is 0 Å². The lowest BCUT2D eigenvalue weighted by Crippen LogP contribution is -2.47. The number of nitrogens with zero attached hydrogens (tertiary/aromatic N) is 3. The fraction of sp³-hybridized carbons (Fsp3) is 0.481. The Morgan fingerprint density at radius 3 is 2.22 bits per heavy atom. The minimum atomic E-state index is 0.0944. The average molecular weight is 432 g/mol. The van der Waals surface area contributed by atoms with Gasteiger partial charge in [-0.25, -0.2) is 0 Å². The van der Waals surface area contributed by atoms with Crippen molar-refractivity contribution in [3.63, 3.8) is 0 Å². The number of carbonyl (C=O) groups is 2. The van der Waals surface area contributed by atoms with Gasteiger partial charge in [0.1, 0.15) is 0 Å². The molecule has 1 aliphatic carbocycles. The first kappa shape index (κ1) is 21.2. The first-order chi connectivity index (χ1) is 15.6. The maximum absolute atomic E-state index is 13.1. The Balaban J connectivity index is 1.29. The van der Waals surface area contributed by atoms with Gasteiger partial charge in [-0.05, 0) is 60.9 Å². The van der Waals surface area contributed by atoms with Crippen LogP contribution in [0.25, 0.3) is 0 Å². The van der Waals surface area contributed by atoms with E-state index in [2.05, 4.69) is 41.1 Å². The largest absolute Gasteiger partial charge is 0.340 e. The van der Waals surface area contributed by atoms with Crippen molar-refractivity contribution in [1.82, 2.24) is 14.7 Å². The Morgan fingerprint density at radius 2 is 1.50 bits per heavy atom. The molecule has 1 atom stereocenters. The second-order valence-electron chi connectivity index (χ2n) is 9.82. The number of amides is 2. The van der Waals surface area contributed by atoms with Gasteiger partial charge < -0.3 is 14.7 Å². The molecule has 0 bridgehead atoms. The molecule has 1 unspecified atom stereocenters. The monoisotopic (exact) mass is 431 g/mol. The fourth-order valence-electron chi connectivity index (χ4n) is 5.98. The lowest BCUT2D eigenvalue weighted by Gasteiger charge is -2.40. The molecule has 3 aliphatic rings. The number of likely N-dealkylation sites (N-methyl/N-ethyl adjacent to an activating group) is 1. The molecule has 0 saturated carbocycles. The minimum absolute atomic E-state index is 0.0944. The molecule has 5 nitrogen and oxygen atoms in total. The van der Waals surface area contributed by atoms with Crippen LogP contribution in [-0.4, -0.2) is 72.8 Å². The Bertz CT molecular complexity index is 973. The van der Waals surface area contributed by atoms with Crippen LogP contribution in [0.15, 0.2) is 54.6 Å². The zero-order valence-electron chi connectivity index (χ0n) is 19.0. The summed E-state index contributed by atoms with van der Waals surface area (Å²) in [4.78, 5) is 32.4. The first-order valence-electron chi connectivity index (χ1n) is 12.0. The molecule has 5 heteroatoms. The van der Waals surface area contributed by atoms with Crippen molar-refractivity contribution in [2.45, 2.75) is 37.0 Å². The van der Waals surface area contributed by atoms with Gasteiger partial charge in [-0.2, -0.15) is 0 Å². The van der Waals surface area contributed by atoms with Crippen molar-refractivity contribution in [3.05, 3.63) is 71.3 Å². The van der Waals surface area contributed by atoms with Crippen molar-refractivity contribution in [2.24, 2.45) is 0 Å². The van der Waals surface area contributed by atoms with E-state index in [9.17, 15) is 9.59 Å². The topological polar surface area (TPSA) is 43.9 Å². The van der Waals surface area contributed by atoms with Crippen LogP contribution in [0.1, 0.15) is 53.1 Å². The van der Waals surface area contributed by atoms with Crippen LogP contribution in [0.3, 0.4) is 0 Å². The molecule has 5 rings (SSSR count). The molecule has 2 aliphatic heterocycles. The van der Waals surface area contributed by atoms with Gasteiger partial charge in [0.05, 0.1) is 0 Å². The number of benzene rings is 2. The van der Waals surface area contributed by atoms with E-state index in [1.54, 1.807) is 0 Å². The number of piperidine rings is 1. The van der Waals surface area contributed by atoms with Crippen LogP contribution >= 0.6 is 0 Å². The van der Waals surface area contributed by atoms with Gasteiger partial charge in [-0.1, -0.05) is 42.5 Å². The zero-order valence-corrected chi connectivity index (χ0v) is 19.0. The lowest BCUT2D eigenvalue weighted by molar-refractivity contribution is -0.133. The van der Waals surface area contributed by atoms with Crippen molar-refractivity contribution in [1.29, 1.82) is 0 Å². The molecule has 2 heterocycles. The summed E-state index contributed by atoms with van der Waals surface area (Å²) in [5.41, 5.74) is 3.64. The van der Waals surface area contributed by atoms with E-state index in [0.29, 0.717) is 12.3 Å². The maximum atomic E-state index is 13.1. The SMILES string of the molecule is CN1CCN(C(=O)CC2CC3(CCN(C(=O)c4ccccc4)CC3)c3ccccc32)CC1. The summed E-state index contributed by atoms with van der Waals surface area (Å²) in [7, 11) is 2.12. The van der Waals surface area contributed by atoms with E-state index < -0.39 is 0 Å². The van der Waals surface area contributed by atoms with E-state index in [1.807, 2.05) is 35.2 Å². The Labute approximate surface area is 191 Å². The minimum Gasteiger partial charge on any atom is -0.340 e. The van der Waals surface area contributed by atoms with Crippen molar-refractivity contribution in [2.75, 3.05) is 46.3 Å². The number of likely N-dealkylation sites (tertiary alicyclic amines) is 1. The molecule has 2 saturated heterocycles. The van der Waals surface area contributed by atoms with E-state index in [0.717, 1.165) is 64.1 Å². The number of hydrogen-bond acceptors (Lipinski definition) is 3. The number of fused-ring (bicyclic) bond motifs is 2. The molecule has 2 aromatic carbocycles. The highest BCUT2D eigenvalue weighted by molar-refractivity contribution is 5.94. The van der Waals surface area contributed by atoms with Crippen molar-refractivity contribution < 1.29 is 9.59 Å². The highest BCUT2D eigenvalue weighted by atomic mass is 16.2. The summed E-state index contributed by atoms with van der Waals surface area (Å²) in [5, 5.41) is 0. The highest BCUT2D eigenvalue weighted by Gasteiger charge is 2.46. The third kappa shape index (κ3) is 3.95. The van der Waals surface area contributed by atoms with E-state index in [-0.39, 0.29) is 17.2 Å². The second kappa shape index (κ2) is 8.70. The normalized spacial score (nSPS) is 22.7. The molecule has 0 N–H and O–H groups in total. The van der Waals surface area contributed by atoms with Crippen LogP contribution in [0.4, 0.5) is 0 Å². The summed E-state index contributed by atoms with van der Waals surface area (Å²) in [5.74, 6) is 0.718. The Morgan fingerprint density at radius 1 is 0.844 bits per heavy atom. The molecule has 1 spiro atoms. The predicted molar refractivity (Wildman–Crippen MR) is 126 cm³/mol. The van der Waals surface area contributed by atoms with Crippen molar-refractivity contribution in [3.8, 4) is 0 Å². The van der Waals surface area contributed by atoms with Gasteiger partial charge >= 0.3 is 0 Å². The molecule has 2 fully saturated rings. The third-order valence-corrected chi connectivity index (χ3v) is 7.91. The maximum Gasteiger partial charge on any atom is 0.253 e. The number of hydrogen-bond donors (Lipinski definition) is 0. The molecule has 0 radical (unpaired) electrons. The van der Waals surface area contributed by atoms with Gasteiger partial charge in [0.2, 0.25) is 5.91 Å². The molecule has 2 aromatic rings. The summed E-state index contributed by atoms with van der Waals surface area (Å²) < 4.78 is 0. The molecule has 32 heavy (non-hydrogen) atoms. The van der Waals surface area contributed by atoms with Gasteiger partial charge in [0.25, 0.3) is 5.91 Å². The number of rotatable bonds is 3. The molecule has 168 valence electrons.